The highest BCUT2D eigenvalue weighted by molar-refractivity contribution is 7.18. The van der Waals surface area contributed by atoms with Crippen molar-refractivity contribution in [2.45, 2.75) is 26.8 Å². The number of nitrogens with zero attached hydrogens (tertiary/aromatic N) is 5. The number of likely N-dealkylation sites (N-methyl/N-ethyl adjacent to an activating group) is 1. The van der Waals surface area contributed by atoms with Gasteiger partial charge in [0, 0.05) is 33.8 Å². The summed E-state index contributed by atoms with van der Waals surface area (Å²) in [4.78, 5) is 36.1. The summed E-state index contributed by atoms with van der Waals surface area (Å²) in [6.45, 7) is 4.09. The molecule has 0 aliphatic rings. The molecule has 1 N–H and O–H groups in total. The number of aryl methyl sites for hydroxylation is 2. The number of hydrogen-bond acceptors (Lipinski definition) is 8. The number of hydrogen-bond donors (Lipinski definition) is 1. The highest BCUT2D eigenvalue weighted by atomic mass is 35.5. The summed E-state index contributed by atoms with van der Waals surface area (Å²) in [5, 5.41) is 21.5. The fourth-order valence-corrected chi connectivity index (χ4v) is 6.20. The number of benzene rings is 2. The summed E-state index contributed by atoms with van der Waals surface area (Å²) < 4.78 is 23.3. The molecular formula is C31H27ClFN5O4S. The van der Waals surface area contributed by atoms with E-state index in [1.165, 1.54) is 22.0 Å². The number of aromatic nitrogens is 3. The first kappa shape index (κ1) is 30.1. The molecular weight excluding hydrogens is 593 g/mol. The van der Waals surface area contributed by atoms with E-state index in [4.69, 9.17) is 16.3 Å². The number of pyridine rings is 1. The van der Waals surface area contributed by atoms with Gasteiger partial charge < -0.3 is 14.7 Å². The van der Waals surface area contributed by atoms with E-state index in [0.717, 1.165) is 5.56 Å². The highest BCUT2D eigenvalue weighted by Crippen LogP contribution is 2.40. The smallest absolute Gasteiger partial charge is 0.338 e. The first-order valence-electron chi connectivity index (χ1n) is 13.3. The normalized spacial score (nSPS) is 11.4. The van der Waals surface area contributed by atoms with Crippen molar-refractivity contribution in [3.63, 3.8) is 0 Å². The second kappa shape index (κ2) is 12.1. The molecule has 3 heterocycles. The predicted octanol–water partition coefficient (Wildman–Crippen LogP) is 5.84. The lowest BCUT2D eigenvalue weighted by Gasteiger charge is -2.16. The molecule has 5 aromatic rings. The van der Waals surface area contributed by atoms with Crippen molar-refractivity contribution < 1.29 is 19.0 Å². The Morgan fingerprint density at radius 2 is 1.95 bits per heavy atom. The number of ether oxygens (including phenoxy) is 1. The number of carboxylic acids is 1. The van der Waals surface area contributed by atoms with Crippen LogP contribution in [0, 0.1) is 31.0 Å². The zero-order valence-corrected chi connectivity index (χ0v) is 25.4. The van der Waals surface area contributed by atoms with Crippen molar-refractivity contribution in [3.05, 3.63) is 85.1 Å². The molecule has 220 valence electrons. The molecule has 0 spiro atoms. The SMILES string of the molecule is Cc1cc(-c2cc(Cl)ccc2OCCn2c(C)nc3c(F)cc(CCN(C)C)c(C#N)c3c2=O)c2scc(C(=O)O)c2n1. The summed E-state index contributed by atoms with van der Waals surface area (Å²) >= 11 is 7.63. The molecule has 0 bridgehead atoms. The molecule has 5 rings (SSSR count). The molecule has 0 aliphatic heterocycles. The molecule has 43 heavy (non-hydrogen) atoms. The zero-order chi connectivity index (χ0) is 31.0. The van der Waals surface area contributed by atoms with E-state index in [1.54, 1.807) is 37.4 Å². The maximum absolute atomic E-state index is 15.1. The molecule has 2 aromatic carbocycles. The molecule has 0 saturated carbocycles. The number of fused-ring (bicyclic) bond motifs is 2. The Kier molecular flexibility index (Phi) is 8.46. The minimum atomic E-state index is -1.06. The number of nitriles is 1. The Morgan fingerprint density at radius 1 is 1.19 bits per heavy atom. The number of halogens is 2. The van der Waals surface area contributed by atoms with Gasteiger partial charge in [-0.2, -0.15) is 5.26 Å². The number of carbonyl (C=O) groups is 1. The van der Waals surface area contributed by atoms with Gasteiger partial charge in [0.2, 0.25) is 0 Å². The van der Waals surface area contributed by atoms with Crippen LogP contribution in [-0.2, 0) is 13.0 Å². The lowest BCUT2D eigenvalue weighted by molar-refractivity contribution is 0.0699. The second-order valence-electron chi connectivity index (χ2n) is 10.3. The van der Waals surface area contributed by atoms with Crippen molar-refractivity contribution in [1.29, 1.82) is 5.26 Å². The Hall–Kier alpha value is -4.37. The second-order valence-corrected chi connectivity index (χ2v) is 11.6. The maximum atomic E-state index is 15.1. The molecule has 0 unspecified atom stereocenters. The molecule has 3 aromatic heterocycles. The van der Waals surface area contributed by atoms with Gasteiger partial charge in [-0.25, -0.2) is 14.2 Å². The van der Waals surface area contributed by atoms with Gasteiger partial charge in [0.05, 0.1) is 33.3 Å². The van der Waals surface area contributed by atoms with Gasteiger partial charge in [-0.1, -0.05) is 11.6 Å². The first-order valence-corrected chi connectivity index (χ1v) is 14.6. The molecule has 12 heteroatoms. The third-order valence-corrected chi connectivity index (χ3v) is 8.32. The van der Waals surface area contributed by atoms with E-state index in [1.807, 2.05) is 25.1 Å². The van der Waals surface area contributed by atoms with Crippen LogP contribution in [-0.4, -0.2) is 57.8 Å². The third kappa shape index (κ3) is 5.82. The van der Waals surface area contributed by atoms with Crippen LogP contribution in [0.5, 0.6) is 5.75 Å². The van der Waals surface area contributed by atoms with Crippen molar-refractivity contribution >= 4 is 50.0 Å². The largest absolute Gasteiger partial charge is 0.491 e. The first-order chi connectivity index (χ1) is 20.5. The lowest BCUT2D eigenvalue weighted by atomic mass is 10.00. The summed E-state index contributed by atoms with van der Waals surface area (Å²) in [5.41, 5.74) is 2.42. The van der Waals surface area contributed by atoms with E-state index in [9.17, 15) is 20.0 Å². The van der Waals surface area contributed by atoms with E-state index in [2.05, 4.69) is 16.0 Å². The molecule has 0 amide bonds. The van der Waals surface area contributed by atoms with Crippen molar-refractivity contribution in [3.8, 4) is 22.9 Å². The topological polar surface area (TPSA) is 121 Å². The van der Waals surface area contributed by atoms with Crippen LogP contribution in [0.2, 0.25) is 5.02 Å². The number of carboxylic acid groups (broad SMARTS) is 1. The number of aromatic carboxylic acids is 1. The quantitative estimate of drug-likeness (QED) is 0.219. The molecule has 0 fully saturated rings. The Labute approximate surface area is 255 Å². The van der Waals surface area contributed by atoms with E-state index in [0.29, 0.717) is 50.8 Å². The monoisotopic (exact) mass is 619 g/mol. The summed E-state index contributed by atoms with van der Waals surface area (Å²) in [5.74, 6) is -0.953. The van der Waals surface area contributed by atoms with E-state index < -0.39 is 17.3 Å². The van der Waals surface area contributed by atoms with Crippen LogP contribution in [0.25, 0.3) is 32.2 Å². The lowest BCUT2D eigenvalue weighted by Crippen LogP contribution is -2.28. The van der Waals surface area contributed by atoms with Crippen molar-refractivity contribution in [2.24, 2.45) is 0 Å². The number of thiophene rings is 1. The average molecular weight is 620 g/mol. The van der Waals surface area contributed by atoms with Crippen LogP contribution < -0.4 is 10.3 Å². The summed E-state index contributed by atoms with van der Waals surface area (Å²) in [6.07, 6.45) is 0.401. The van der Waals surface area contributed by atoms with Gasteiger partial charge in [-0.15, -0.1) is 11.3 Å². The molecule has 0 atom stereocenters. The highest BCUT2D eigenvalue weighted by Gasteiger charge is 2.21. The Balaban J connectivity index is 1.51. The zero-order valence-electron chi connectivity index (χ0n) is 23.9. The van der Waals surface area contributed by atoms with Crippen LogP contribution in [0.1, 0.15) is 33.0 Å². The Bertz CT molecular complexity index is 2010. The molecule has 0 aliphatic carbocycles. The van der Waals surface area contributed by atoms with Crippen LogP contribution in [0.15, 0.2) is 40.5 Å². The van der Waals surface area contributed by atoms with Gasteiger partial charge in [0.15, 0.2) is 0 Å². The molecule has 0 saturated heterocycles. The van der Waals surface area contributed by atoms with Gasteiger partial charge >= 0.3 is 5.97 Å². The van der Waals surface area contributed by atoms with Crippen LogP contribution >= 0.6 is 22.9 Å². The maximum Gasteiger partial charge on any atom is 0.338 e. The van der Waals surface area contributed by atoms with Gasteiger partial charge in [-0.05, 0) is 70.3 Å². The Morgan fingerprint density at radius 3 is 2.65 bits per heavy atom. The van der Waals surface area contributed by atoms with Crippen molar-refractivity contribution in [2.75, 3.05) is 27.2 Å². The van der Waals surface area contributed by atoms with Crippen molar-refractivity contribution in [1.82, 2.24) is 19.4 Å². The third-order valence-electron chi connectivity index (χ3n) is 7.08. The van der Waals surface area contributed by atoms with Gasteiger partial charge in [0.25, 0.3) is 5.56 Å². The fraction of sp³-hybridized carbons (Fsp3) is 0.258. The summed E-state index contributed by atoms with van der Waals surface area (Å²) in [6, 6.07) is 10.3. The average Bonchev–Trinajstić information content (AvgIpc) is 3.38. The molecule has 0 radical (unpaired) electrons. The van der Waals surface area contributed by atoms with Gasteiger partial charge in [0.1, 0.15) is 35.6 Å². The van der Waals surface area contributed by atoms with Crippen LogP contribution in [0.3, 0.4) is 0 Å². The summed E-state index contributed by atoms with van der Waals surface area (Å²) in [7, 11) is 3.75. The van der Waals surface area contributed by atoms with Crippen LogP contribution in [0.4, 0.5) is 4.39 Å². The predicted molar refractivity (Wildman–Crippen MR) is 165 cm³/mol. The van der Waals surface area contributed by atoms with E-state index >= 15 is 4.39 Å². The minimum absolute atomic E-state index is 0.0457. The minimum Gasteiger partial charge on any atom is -0.491 e. The number of rotatable bonds is 9. The molecule has 9 nitrogen and oxygen atoms in total. The standard InChI is InChI=1S/C31H27ClFN5O4S/c1-16-11-21(29-27(35-16)23(15-43-29)31(40)41)20-13-19(32)5-6-25(20)42-10-9-38-17(2)36-28-24(33)12-18(7-8-37(3)4)22(14-34)26(28)30(38)39/h5-6,11-13,15H,7-10H2,1-4H3,(H,40,41). The van der Waals surface area contributed by atoms with Gasteiger partial charge in [-0.3, -0.25) is 14.3 Å². The van der Waals surface area contributed by atoms with E-state index in [-0.39, 0.29) is 41.0 Å². The fourth-order valence-electron chi connectivity index (χ4n) is 5.02.